The second kappa shape index (κ2) is 11.0. The number of aryl methyl sites for hydroxylation is 1. The SMILES string of the molecule is C=S(=O)(c1ncn(C)n1)N(C(C)C)[C@H]1CCC2=Cc3c(cnn3-c3ccc(F)cc3)C[C@]2(C(=O)c2cc(C(F)(F)F)ccn2)C1. The summed E-state index contributed by atoms with van der Waals surface area (Å²) in [5, 5.41) is 8.84. The number of hydrogen-bond donors (Lipinski definition) is 0. The normalized spacial score (nSPS) is 21.3. The molecule has 0 aliphatic heterocycles. The zero-order valence-corrected chi connectivity index (χ0v) is 25.6. The summed E-state index contributed by atoms with van der Waals surface area (Å²) in [6, 6.07) is 6.70. The second-order valence-corrected chi connectivity index (χ2v) is 13.9. The summed E-state index contributed by atoms with van der Waals surface area (Å²) in [6.45, 7) is 3.74. The number of aromatic nitrogens is 6. The van der Waals surface area contributed by atoms with Crippen molar-refractivity contribution in [1.82, 2.24) is 33.8 Å². The fourth-order valence-corrected chi connectivity index (χ4v) is 8.63. The van der Waals surface area contributed by atoms with Crippen LogP contribution >= 0.6 is 0 Å². The van der Waals surface area contributed by atoms with E-state index in [4.69, 9.17) is 0 Å². The molecule has 4 aromatic rings. The first-order valence-corrected chi connectivity index (χ1v) is 16.0. The van der Waals surface area contributed by atoms with Crippen LogP contribution in [-0.4, -0.2) is 61.8 Å². The maximum Gasteiger partial charge on any atom is 0.416 e. The van der Waals surface area contributed by atoms with E-state index in [0.717, 1.165) is 23.9 Å². The van der Waals surface area contributed by atoms with Crippen molar-refractivity contribution >= 4 is 27.4 Å². The Kier molecular flexibility index (Phi) is 7.55. The number of pyridine rings is 1. The molecule has 2 aliphatic rings. The topological polar surface area (TPSA) is 98.8 Å². The summed E-state index contributed by atoms with van der Waals surface area (Å²) >= 11 is 0. The Balaban J connectivity index is 1.47. The van der Waals surface area contributed by atoms with Crippen LogP contribution in [0.3, 0.4) is 0 Å². The Labute approximate surface area is 257 Å². The van der Waals surface area contributed by atoms with E-state index < -0.39 is 44.5 Å². The van der Waals surface area contributed by atoms with E-state index in [-0.39, 0.29) is 29.7 Å². The van der Waals surface area contributed by atoms with Crippen LogP contribution in [0.15, 0.2) is 65.8 Å². The number of rotatable bonds is 7. The predicted octanol–water partition coefficient (Wildman–Crippen LogP) is 5.32. The van der Waals surface area contributed by atoms with Crippen molar-refractivity contribution in [1.29, 1.82) is 0 Å². The number of alkyl halides is 3. The van der Waals surface area contributed by atoms with Gasteiger partial charge in [0, 0.05) is 25.3 Å². The number of hydrogen-bond acceptors (Lipinski definition) is 6. The number of allylic oxidation sites excluding steroid dienone is 1. The number of Topliss-reactive ketones (excluding diaryl/α,β-unsaturated/α-hetero) is 1. The van der Waals surface area contributed by atoms with Gasteiger partial charge < -0.3 is 0 Å². The summed E-state index contributed by atoms with van der Waals surface area (Å²) in [5.74, 6) is 3.08. The lowest BCUT2D eigenvalue weighted by Gasteiger charge is -2.48. The molecule has 0 spiro atoms. The number of carbonyl (C=O) groups is 1. The molecule has 9 nitrogen and oxygen atoms in total. The van der Waals surface area contributed by atoms with Gasteiger partial charge in [-0.25, -0.2) is 22.6 Å². The van der Waals surface area contributed by atoms with E-state index in [1.165, 1.54) is 23.1 Å². The number of fused-ring (bicyclic) bond motifs is 2. The van der Waals surface area contributed by atoms with E-state index in [1.54, 1.807) is 34.4 Å². The van der Waals surface area contributed by atoms with Crippen LogP contribution in [0.1, 0.15) is 60.4 Å². The Morgan fingerprint density at radius 3 is 2.56 bits per heavy atom. The highest BCUT2D eigenvalue weighted by molar-refractivity contribution is 7.98. The molecular weight excluding hydrogens is 610 g/mol. The van der Waals surface area contributed by atoms with Crippen molar-refractivity contribution < 1.29 is 26.6 Å². The summed E-state index contributed by atoms with van der Waals surface area (Å²) in [7, 11) is -1.55. The minimum absolute atomic E-state index is 0.0615. The average molecular weight is 642 g/mol. The van der Waals surface area contributed by atoms with Gasteiger partial charge in [-0.3, -0.25) is 14.5 Å². The minimum Gasteiger partial charge on any atom is -0.291 e. The lowest BCUT2D eigenvalue weighted by molar-refractivity contribution is -0.137. The largest absolute Gasteiger partial charge is 0.416 e. The maximum absolute atomic E-state index is 14.5. The summed E-state index contributed by atoms with van der Waals surface area (Å²) in [4.78, 5) is 22.9. The molecule has 0 N–H and O–H groups in total. The molecule has 1 fully saturated rings. The van der Waals surface area contributed by atoms with Gasteiger partial charge in [0.05, 0.1) is 38.3 Å². The highest BCUT2D eigenvalue weighted by atomic mass is 32.2. The fraction of sp³-hybridized carbons (Fsp3) is 0.355. The molecule has 0 saturated heterocycles. The predicted molar refractivity (Wildman–Crippen MR) is 160 cm³/mol. The van der Waals surface area contributed by atoms with Crippen LogP contribution in [0.2, 0.25) is 0 Å². The molecule has 1 saturated carbocycles. The molecule has 3 heterocycles. The number of ketones is 1. The second-order valence-electron chi connectivity index (χ2n) is 11.8. The van der Waals surface area contributed by atoms with Gasteiger partial charge in [-0.15, -0.1) is 5.10 Å². The van der Waals surface area contributed by atoms with Gasteiger partial charge >= 0.3 is 6.18 Å². The number of carbonyl (C=O) groups excluding carboxylic acids is 1. The Morgan fingerprint density at radius 1 is 1.18 bits per heavy atom. The lowest BCUT2D eigenvalue weighted by Crippen LogP contribution is -2.52. The molecule has 1 unspecified atom stereocenters. The van der Waals surface area contributed by atoms with Gasteiger partial charge in [-0.1, -0.05) is 5.57 Å². The number of halogens is 4. The first-order valence-electron chi connectivity index (χ1n) is 14.3. The van der Waals surface area contributed by atoms with Gasteiger partial charge in [0.2, 0.25) is 5.16 Å². The van der Waals surface area contributed by atoms with Gasteiger partial charge in [0.15, 0.2) is 5.78 Å². The molecule has 0 bridgehead atoms. The molecule has 6 rings (SSSR count). The molecule has 0 radical (unpaired) electrons. The highest BCUT2D eigenvalue weighted by Gasteiger charge is 2.52. The molecule has 0 amide bonds. The Bertz CT molecular complexity index is 1910. The molecule has 1 aromatic carbocycles. The maximum atomic E-state index is 14.5. The lowest BCUT2D eigenvalue weighted by atomic mass is 9.60. The zero-order chi connectivity index (χ0) is 32.3. The number of benzene rings is 1. The summed E-state index contributed by atoms with van der Waals surface area (Å²) in [6.07, 6.45) is 2.41. The van der Waals surface area contributed by atoms with Crippen LogP contribution in [0.4, 0.5) is 17.6 Å². The molecule has 14 heteroatoms. The monoisotopic (exact) mass is 641 g/mol. The third-order valence-corrected chi connectivity index (χ3v) is 10.7. The molecule has 3 aromatic heterocycles. The third kappa shape index (κ3) is 5.39. The van der Waals surface area contributed by atoms with E-state index in [2.05, 4.69) is 26.0 Å². The van der Waals surface area contributed by atoms with Crippen molar-refractivity contribution in [3.63, 3.8) is 0 Å². The first kappa shape index (κ1) is 30.8. The van der Waals surface area contributed by atoms with Crippen molar-refractivity contribution in [2.75, 3.05) is 0 Å². The van der Waals surface area contributed by atoms with E-state index in [9.17, 15) is 26.6 Å². The molecular formula is C31H31F4N7O2S. The van der Waals surface area contributed by atoms with Crippen molar-refractivity contribution in [3.8, 4) is 5.69 Å². The van der Waals surface area contributed by atoms with E-state index in [1.807, 2.05) is 19.9 Å². The van der Waals surface area contributed by atoms with Crippen LogP contribution in [0.25, 0.3) is 11.8 Å². The Morgan fingerprint density at radius 2 is 1.91 bits per heavy atom. The highest BCUT2D eigenvalue weighted by Crippen LogP contribution is 2.51. The minimum atomic E-state index is -4.66. The zero-order valence-electron chi connectivity index (χ0n) is 24.8. The number of nitrogens with zero attached hydrogens (tertiary/aromatic N) is 7. The Hall–Kier alpha value is -4.17. The van der Waals surface area contributed by atoms with E-state index in [0.29, 0.717) is 29.8 Å². The molecule has 236 valence electrons. The van der Waals surface area contributed by atoms with Crippen LogP contribution in [-0.2, 0) is 29.4 Å². The van der Waals surface area contributed by atoms with Gasteiger partial charge in [0.25, 0.3) is 0 Å². The smallest absolute Gasteiger partial charge is 0.291 e. The molecule has 45 heavy (non-hydrogen) atoms. The van der Waals surface area contributed by atoms with Crippen molar-refractivity contribution in [2.24, 2.45) is 12.5 Å². The third-order valence-electron chi connectivity index (χ3n) is 8.53. The molecule has 2 aliphatic carbocycles. The van der Waals surface area contributed by atoms with Gasteiger partial charge in [0.1, 0.15) is 17.8 Å². The average Bonchev–Trinajstić information content (AvgIpc) is 3.61. The quantitative estimate of drug-likeness (QED) is 0.154. The summed E-state index contributed by atoms with van der Waals surface area (Å²) < 4.78 is 73.9. The summed E-state index contributed by atoms with van der Waals surface area (Å²) in [5.41, 5.74) is 0.160. The van der Waals surface area contributed by atoms with E-state index >= 15 is 0 Å². The molecule has 3 atom stereocenters. The van der Waals surface area contributed by atoms with Crippen LogP contribution < -0.4 is 0 Å². The first-order chi connectivity index (χ1) is 21.2. The van der Waals surface area contributed by atoms with Crippen molar-refractivity contribution in [2.45, 2.75) is 62.9 Å². The van der Waals surface area contributed by atoms with Crippen molar-refractivity contribution in [3.05, 3.63) is 89.0 Å². The van der Waals surface area contributed by atoms with Gasteiger partial charge in [-0.2, -0.15) is 18.3 Å². The van der Waals surface area contributed by atoms with Crippen LogP contribution in [0.5, 0.6) is 0 Å². The standard InChI is InChI=1S/C31H31F4N7O2S/c1-19(2)42(45(4,44)29-37-18-40(3)39-29)25-8-5-21-14-27-20(17-38-41(27)24-9-6-23(32)7-10-24)15-30(21,16-25)28(43)26-13-22(11-12-36-26)31(33,34)35/h6-7,9-14,17-19,25H,4-5,8,15-16H2,1-3H3/t25-,30-,45?/m0/s1. The van der Waals surface area contributed by atoms with Crippen LogP contribution in [0, 0.1) is 11.2 Å². The van der Waals surface area contributed by atoms with Gasteiger partial charge in [-0.05, 0) is 93.4 Å². The fourth-order valence-electron chi connectivity index (χ4n) is 6.63.